The van der Waals surface area contributed by atoms with Crippen molar-refractivity contribution < 1.29 is 4.79 Å². The number of carbonyl (C=O) groups is 1. The van der Waals surface area contributed by atoms with Gasteiger partial charge in [0.2, 0.25) is 0 Å². The number of aryl methyl sites for hydroxylation is 1. The molecule has 110 valence electrons. The van der Waals surface area contributed by atoms with E-state index in [1.807, 2.05) is 19.0 Å². The molecule has 0 atom stereocenters. The van der Waals surface area contributed by atoms with Crippen molar-refractivity contribution in [2.45, 2.75) is 0 Å². The molecule has 7 heteroatoms. The minimum absolute atomic E-state index is 0.154. The van der Waals surface area contributed by atoms with Crippen molar-refractivity contribution in [3.05, 3.63) is 51.4 Å². The zero-order valence-electron chi connectivity index (χ0n) is 11.9. The van der Waals surface area contributed by atoms with Gasteiger partial charge >= 0.3 is 0 Å². The van der Waals surface area contributed by atoms with Gasteiger partial charge in [0.1, 0.15) is 5.69 Å². The molecule has 1 heterocycles. The van der Waals surface area contributed by atoms with Crippen LogP contribution in [0.3, 0.4) is 0 Å². The first kappa shape index (κ1) is 15.1. The molecule has 6 nitrogen and oxygen atoms in total. The van der Waals surface area contributed by atoms with Gasteiger partial charge in [-0.15, -0.1) is 0 Å². The van der Waals surface area contributed by atoms with Gasteiger partial charge in [0.05, 0.1) is 16.4 Å². The number of rotatable bonds is 3. The van der Waals surface area contributed by atoms with Gasteiger partial charge in [-0.05, 0) is 18.2 Å². The van der Waals surface area contributed by atoms with E-state index in [1.54, 1.807) is 18.2 Å². The van der Waals surface area contributed by atoms with Gasteiger partial charge < -0.3 is 10.2 Å². The Hall–Kier alpha value is -2.34. The number of hydrogen-bond acceptors (Lipinski definition) is 4. The van der Waals surface area contributed by atoms with Crippen LogP contribution >= 0.6 is 11.6 Å². The highest BCUT2D eigenvalue weighted by molar-refractivity contribution is 6.34. The summed E-state index contributed by atoms with van der Waals surface area (Å²) in [5.41, 5.74) is 1.16. The van der Waals surface area contributed by atoms with Crippen molar-refractivity contribution >= 4 is 28.9 Å². The van der Waals surface area contributed by atoms with Crippen molar-refractivity contribution in [1.29, 1.82) is 0 Å². The number of benzene rings is 1. The SMILES string of the molecule is CN(C)c1c(Cl)cccc1NC(=O)c1ccc(=O)n(C)n1. The molecule has 1 aromatic heterocycles. The molecule has 21 heavy (non-hydrogen) atoms. The van der Waals surface area contributed by atoms with Crippen molar-refractivity contribution in [2.24, 2.45) is 7.05 Å². The minimum atomic E-state index is -0.407. The molecule has 0 aliphatic rings. The van der Waals surface area contributed by atoms with Crippen LogP contribution < -0.4 is 15.8 Å². The molecule has 2 aromatic rings. The summed E-state index contributed by atoms with van der Waals surface area (Å²) in [5, 5.41) is 7.20. The number of hydrogen-bond donors (Lipinski definition) is 1. The molecule has 0 unspecified atom stereocenters. The highest BCUT2D eigenvalue weighted by Gasteiger charge is 2.14. The summed E-state index contributed by atoms with van der Waals surface area (Å²) in [7, 11) is 5.16. The zero-order chi connectivity index (χ0) is 15.6. The Bertz CT molecular complexity index is 740. The quantitative estimate of drug-likeness (QED) is 0.938. The molecule has 1 amide bonds. The molecule has 0 saturated heterocycles. The predicted octanol–water partition coefficient (Wildman–Crippen LogP) is 1.75. The van der Waals surface area contributed by atoms with Crippen LogP contribution in [0.4, 0.5) is 11.4 Å². The second kappa shape index (κ2) is 5.97. The van der Waals surface area contributed by atoms with E-state index in [4.69, 9.17) is 11.6 Å². The normalized spacial score (nSPS) is 10.3. The average Bonchev–Trinajstić information content (AvgIpc) is 2.41. The summed E-state index contributed by atoms with van der Waals surface area (Å²) in [6.45, 7) is 0. The number of para-hydroxylation sites is 1. The van der Waals surface area contributed by atoms with Crippen LogP contribution in [0, 0.1) is 0 Å². The van der Waals surface area contributed by atoms with Gasteiger partial charge in [-0.3, -0.25) is 9.59 Å². The molecule has 0 spiro atoms. The molecule has 0 aliphatic heterocycles. The maximum Gasteiger partial charge on any atom is 0.276 e. The van der Waals surface area contributed by atoms with Crippen LogP contribution in [-0.4, -0.2) is 29.8 Å². The first-order valence-electron chi connectivity index (χ1n) is 6.21. The fourth-order valence-corrected chi connectivity index (χ4v) is 2.22. The van der Waals surface area contributed by atoms with Gasteiger partial charge in [-0.25, -0.2) is 4.68 Å². The monoisotopic (exact) mass is 306 g/mol. The molecule has 0 aliphatic carbocycles. The third kappa shape index (κ3) is 3.22. The van der Waals surface area contributed by atoms with Gasteiger partial charge in [-0.2, -0.15) is 5.10 Å². The molecule has 0 bridgehead atoms. The minimum Gasteiger partial charge on any atom is -0.375 e. The van der Waals surface area contributed by atoms with Crippen molar-refractivity contribution in [1.82, 2.24) is 9.78 Å². The van der Waals surface area contributed by atoms with Crippen LogP contribution in [-0.2, 0) is 7.05 Å². The second-order valence-corrected chi connectivity index (χ2v) is 5.07. The fraction of sp³-hybridized carbons (Fsp3) is 0.214. The van der Waals surface area contributed by atoms with E-state index in [0.717, 1.165) is 4.68 Å². The number of aromatic nitrogens is 2. The number of nitrogens with one attached hydrogen (secondary N) is 1. The Morgan fingerprint density at radius 2 is 2.00 bits per heavy atom. The highest BCUT2D eigenvalue weighted by atomic mass is 35.5. The Labute approximate surface area is 127 Å². The van der Waals surface area contributed by atoms with Gasteiger partial charge in [-0.1, -0.05) is 17.7 Å². The first-order chi connectivity index (χ1) is 9.90. The zero-order valence-corrected chi connectivity index (χ0v) is 12.7. The number of anilines is 2. The summed E-state index contributed by atoms with van der Waals surface area (Å²) in [6.07, 6.45) is 0. The molecule has 0 saturated carbocycles. The van der Waals surface area contributed by atoms with Crippen LogP contribution in [0.15, 0.2) is 35.1 Å². The largest absolute Gasteiger partial charge is 0.375 e. The summed E-state index contributed by atoms with van der Waals surface area (Å²) < 4.78 is 1.11. The van der Waals surface area contributed by atoms with Crippen LogP contribution in [0.1, 0.15) is 10.5 Å². The Balaban J connectivity index is 2.34. The van der Waals surface area contributed by atoms with E-state index >= 15 is 0 Å². The molecule has 1 N–H and O–H groups in total. The smallest absolute Gasteiger partial charge is 0.276 e. The van der Waals surface area contributed by atoms with Gasteiger partial charge in [0.15, 0.2) is 0 Å². The average molecular weight is 307 g/mol. The summed E-state index contributed by atoms with van der Waals surface area (Å²) >= 11 is 6.15. The topological polar surface area (TPSA) is 67.2 Å². The third-order valence-electron chi connectivity index (χ3n) is 2.88. The van der Waals surface area contributed by atoms with E-state index in [2.05, 4.69) is 10.4 Å². The maximum absolute atomic E-state index is 12.2. The Kier molecular flexibility index (Phi) is 4.28. The molecule has 1 aromatic carbocycles. The van der Waals surface area contributed by atoms with Crippen molar-refractivity contribution in [2.75, 3.05) is 24.3 Å². The first-order valence-corrected chi connectivity index (χ1v) is 6.59. The lowest BCUT2D eigenvalue weighted by Crippen LogP contribution is -2.24. The third-order valence-corrected chi connectivity index (χ3v) is 3.18. The number of carbonyl (C=O) groups excluding carboxylic acids is 1. The summed E-state index contributed by atoms with van der Waals surface area (Å²) in [4.78, 5) is 25.3. The van der Waals surface area contributed by atoms with Crippen LogP contribution in [0.25, 0.3) is 0 Å². The van der Waals surface area contributed by atoms with Crippen LogP contribution in [0.5, 0.6) is 0 Å². The Morgan fingerprint density at radius 3 is 2.62 bits per heavy atom. The molecule has 0 radical (unpaired) electrons. The maximum atomic E-state index is 12.2. The molecule has 0 fully saturated rings. The van der Waals surface area contributed by atoms with E-state index in [-0.39, 0.29) is 11.3 Å². The predicted molar refractivity (Wildman–Crippen MR) is 83.2 cm³/mol. The Morgan fingerprint density at radius 1 is 1.29 bits per heavy atom. The number of halogens is 1. The number of amides is 1. The van der Waals surface area contributed by atoms with Gasteiger partial charge in [0, 0.05) is 27.2 Å². The molecular formula is C14H15ClN4O2. The standard InChI is InChI=1S/C14H15ClN4O2/c1-18(2)13-9(15)5-4-6-10(13)16-14(21)11-7-8-12(20)19(3)17-11/h4-8H,1-3H3,(H,16,21). The van der Waals surface area contributed by atoms with E-state index < -0.39 is 5.91 Å². The highest BCUT2D eigenvalue weighted by Crippen LogP contribution is 2.32. The summed E-state index contributed by atoms with van der Waals surface area (Å²) in [6, 6.07) is 7.93. The molecular weight excluding hydrogens is 292 g/mol. The van der Waals surface area contributed by atoms with Crippen molar-refractivity contribution in [3.63, 3.8) is 0 Å². The van der Waals surface area contributed by atoms with Gasteiger partial charge in [0.25, 0.3) is 11.5 Å². The fourth-order valence-electron chi connectivity index (χ4n) is 1.88. The van der Waals surface area contributed by atoms with E-state index in [9.17, 15) is 9.59 Å². The van der Waals surface area contributed by atoms with E-state index in [0.29, 0.717) is 16.4 Å². The summed E-state index contributed by atoms with van der Waals surface area (Å²) in [5.74, 6) is -0.407. The molecule has 2 rings (SSSR count). The second-order valence-electron chi connectivity index (χ2n) is 4.66. The number of nitrogens with zero attached hydrogens (tertiary/aromatic N) is 3. The lowest BCUT2D eigenvalue weighted by atomic mass is 10.2. The lowest BCUT2D eigenvalue weighted by molar-refractivity contribution is 0.102. The van der Waals surface area contributed by atoms with E-state index in [1.165, 1.54) is 19.2 Å². The lowest BCUT2D eigenvalue weighted by Gasteiger charge is -2.19. The van der Waals surface area contributed by atoms with Crippen molar-refractivity contribution in [3.8, 4) is 0 Å². The van der Waals surface area contributed by atoms with Crippen LogP contribution in [0.2, 0.25) is 5.02 Å².